The molecule has 1 aromatic heterocycles. The minimum atomic E-state index is -0.756. The minimum Gasteiger partial charge on any atom is -0.467 e. The summed E-state index contributed by atoms with van der Waals surface area (Å²) < 4.78 is 4.48. The smallest absolute Gasteiger partial charge is 0.328 e. The second-order valence-electron chi connectivity index (χ2n) is 3.44. The van der Waals surface area contributed by atoms with Gasteiger partial charge in [0.05, 0.1) is 7.11 Å². The van der Waals surface area contributed by atoms with Crippen molar-refractivity contribution >= 4 is 34.3 Å². The number of methoxy groups -OCH3 is 1. The van der Waals surface area contributed by atoms with Crippen LogP contribution in [0.4, 0.5) is 5.13 Å². The largest absolute Gasteiger partial charge is 0.467 e. The molecule has 0 radical (unpaired) electrons. The molecule has 1 aromatic rings. The van der Waals surface area contributed by atoms with Crippen molar-refractivity contribution in [1.29, 1.82) is 0 Å². The number of esters is 1. The molecule has 0 aliphatic heterocycles. The molecule has 0 unspecified atom stereocenters. The number of ether oxygens (including phenoxy) is 1. The van der Waals surface area contributed by atoms with Crippen LogP contribution in [0.3, 0.4) is 0 Å². The second-order valence-corrected chi connectivity index (χ2v) is 4.30. The predicted octanol–water partition coefficient (Wildman–Crippen LogP) is 0.393. The van der Waals surface area contributed by atoms with Crippen molar-refractivity contribution in [2.75, 3.05) is 12.4 Å². The summed E-state index contributed by atoms with van der Waals surface area (Å²) in [4.78, 5) is 37.5. The van der Waals surface area contributed by atoms with Crippen molar-refractivity contribution < 1.29 is 19.1 Å². The Morgan fingerprint density at radius 2 is 2.11 bits per heavy atom. The lowest BCUT2D eigenvalue weighted by Crippen LogP contribution is -2.39. The van der Waals surface area contributed by atoms with E-state index in [0.717, 1.165) is 11.3 Å². The lowest BCUT2D eigenvalue weighted by Gasteiger charge is -2.09. The van der Waals surface area contributed by atoms with Gasteiger partial charge in [0.1, 0.15) is 11.7 Å². The summed E-state index contributed by atoms with van der Waals surface area (Å²) in [6.07, 6.45) is 0. The van der Waals surface area contributed by atoms with E-state index in [2.05, 4.69) is 20.4 Å². The average Bonchev–Trinajstić information content (AvgIpc) is 2.75. The van der Waals surface area contributed by atoms with Crippen LogP contribution in [-0.4, -0.2) is 35.9 Å². The SMILES string of the molecule is COC(=O)[C@H](C)NC(=O)c1csc(NC(C)=O)n1. The highest BCUT2D eigenvalue weighted by Crippen LogP contribution is 2.15. The molecule has 0 fully saturated rings. The van der Waals surface area contributed by atoms with Crippen LogP contribution in [0, 0.1) is 0 Å². The standard InChI is InChI=1S/C10H13N3O4S/c1-5(9(16)17-3)11-8(15)7-4-18-10(13-7)12-6(2)14/h4-5H,1-3H3,(H,11,15)(H,12,13,14)/t5-/m0/s1. The molecule has 8 heteroatoms. The molecule has 0 bridgehead atoms. The molecule has 98 valence electrons. The van der Waals surface area contributed by atoms with E-state index in [0.29, 0.717) is 5.13 Å². The quantitative estimate of drug-likeness (QED) is 0.772. The maximum Gasteiger partial charge on any atom is 0.328 e. The summed E-state index contributed by atoms with van der Waals surface area (Å²) in [5.41, 5.74) is 0.138. The number of carbonyl (C=O) groups is 3. The number of rotatable bonds is 4. The van der Waals surface area contributed by atoms with E-state index in [1.54, 1.807) is 0 Å². The molecule has 18 heavy (non-hydrogen) atoms. The monoisotopic (exact) mass is 271 g/mol. The van der Waals surface area contributed by atoms with E-state index >= 15 is 0 Å². The van der Waals surface area contributed by atoms with Gasteiger partial charge in [-0.2, -0.15) is 0 Å². The van der Waals surface area contributed by atoms with Gasteiger partial charge in [0.2, 0.25) is 5.91 Å². The zero-order chi connectivity index (χ0) is 13.7. The molecule has 0 aromatic carbocycles. The number of thiazole rings is 1. The third kappa shape index (κ3) is 3.81. The Morgan fingerprint density at radius 3 is 2.67 bits per heavy atom. The van der Waals surface area contributed by atoms with Gasteiger partial charge in [-0.3, -0.25) is 9.59 Å². The molecule has 2 N–H and O–H groups in total. The van der Waals surface area contributed by atoms with E-state index in [4.69, 9.17) is 0 Å². The van der Waals surface area contributed by atoms with Gasteiger partial charge in [0, 0.05) is 12.3 Å². The van der Waals surface area contributed by atoms with Gasteiger partial charge >= 0.3 is 5.97 Å². The van der Waals surface area contributed by atoms with Crippen LogP contribution in [0.25, 0.3) is 0 Å². The molecule has 2 amide bonds. The Hall–Kier alpha value is -1.96. The van der Waals surface area contributed by atoms with Crippen LogP contribution in [0.2, 0.25) is 0 Å². The zero-order valence-corrected chi connectivity index (χ0v) is 11.0. The number of nitrogens with zero attached hydrogens (tertiary/aromatic N) is 1. The van der Waals surface area contributed by atoms with Crippen molar-refractivity contribution in [1.82, 2.24) is 10.3 Å². The number of nitrogens with one attached hydrogen (secondary N) is 2. The first-order valence-corrected chi connectivity index (χ1v) is 5.93. The molecule has 0 saturated carbocycles. The Balaban J connectivity index is 2.64. The topological polar surface area (TPSA) is 97.4 Å². The van der Waals surface area contributed by atoms with Gasteiger partial charge < -0.3 is 15.4 Å². The summed E-state index contributed by atoms with van der Waals surface area (Å²) in [5, 5.41) is 6.72. The Morgan fingerprint density at radius 1 is 1.44 bits per heavy atom. The van der Waals surface area contributed by atoms with Gasteiger partial charge in [-0.15, -0.1) is 11.3 Å². The molecule has 0 aliphatic carbocycles. The number of amides is 2. The summed E-state index contributed by atoms with van der Waals surface area (Å²) in [7, 11) is 1.24. The Bertz CT molecular complexity index is 471. The normalized spacial score (nSPS) is 11.5. The van der Waals surface area contributed by atoms with E-state index in [1.807, 2.05) is 0 Å². The molecular weight excluding hydrogens is 258 g/mol. The van der Waals surface area contributed by atoms with Crippen molar-refractivity contribution in [3.8, 4) is 0 Å². The summed E-state index contributed by atoms with van der Waals surface area (Å²) >= 11 is 1.13. The molecule has 1 rings (SSSR count). The van der Waals surface area contributed by atoms with E-state index in [1.165, 1.54) is 26.3 Å². The van der Waals surface area contributed by atoms with Crippen molar-refractivity contribution in [2.45, 2.75) is 19.9 Å². The number of hydrogen-bond acceptors (Lipinski definition) is 6. The third-order valence-electron chi connectivity index (χ3n) is 1.92. The van der Waals surface area contributed by atoms with Gasteiger partial charge in [0.15, 0.2) is 5.13 Å². The van der Waals surface area contributed by atoms with Gasteiger partial charge in [-0.05, 0) is 6.92 Å². The van der Waals surface area contributed by atoms with E-state index < -0.39 is 17.9 Å². The fourth-order valence-electron chi connectivity index (χ4n) is 1.09. The molecular formula is C10H13N3O4S. The summed E-state index contributed by atoms with van der Waals surface area (Å²) in [6, 6.07) is -0.756. The third-order valence-corrected chi connectivity index (χ3v) is 2.68. The van der Waals surface area contributed by atoms with Crippen molar-refractivity contribution in [3.63, 3.8) is 0 Å². The summed E-state index contributed by atoms with van der Waals surface area (Å²) in [5.74, 6) is -1.30. The predicted molar refractivity (Wildman–Crippen MR) is 65.4 cm³/mol. The van der Waals surface area contributed by atoms with Crippen LogP contribution >= 0.6 is 11.3 Å². The van der Waals surface area contributed by atoms with Crippen LogP contribution in [0.5, 0.6) is 0 Å². The van der Waals surface area contributed by atoms with Crippen LogP contribution in [0.1, 0.15) is 24.3 Å². The highest BCUT2D eigenvalue weighted by Gasteiger charge is 2.18. The second kappa shape index (κ2) is 6.10. The molecule has 0 saturated heterocycles. The maximum atomic E-state index is 11.7. The fraction of sp³-hybridized carbons (Fsp3) is 0.400. The Labute approximate surface area is 108 Å². The van der Waals surface area contributed by atoms with E-state index in [9.17, 15) is 14.4 Å². The highest BCUT2D eigenvalue weighted by atomic mass is 32.1. The van der Waals surface area contributed by atoms with Crippen LogP contribution in [0.15, 0.2) is 5.38 Å². The number of anilines is 1. The van der Waals surface area contributed by atoms with Crippen LogP contribution in [-0.2, 0) is 14.3 Å². The van der Waals surface area contributed by atoms with Crippen molar-refractivity contribution in [3.05, 3.63) is 11.1 Å². The van der Waals surface area contributed by atoms with Crippen LogP contribution < -0.4 is 10.6 Å². The average molecular weight is 271 g/mol. The first-order chi connectivity index (χ1) is 8.43. The zero-order valence-electron chi connectivity index (χ0n) is 10.1. The maximum absolute atomic E-state index is 11.7. The van der Waals surface area contributed by atoms with Crippen molar-refractivity contribution in [2.24, 2.45) is 0 Å². The first-order valence-electron chi connectivity index (χ1n) is 5.06. The molecule has 7 nitrogen and oxygen atoms in total. The summed E-state index contributed by atoms with van der Waals surface area (Å²) in [6.45, 7) is 2.85. The fourth-order valence-corrected chi connectivity index (χ4v) is 1.83. The number of carbonyl (C=O) groups excluding carboxylic acids is 3. The van der Waals surface area contributed by atoms with Gasteiger partial charge in [0.25, 0.3) is 5.91 Å². The van der Waals surface area contributed by atoms with Gasteiger partial charge in [-0.25, -0.2) is 9.78 Å². The molecule has 0 aliphatic rings. The minimum absolute atomic E-state index is 0.138. The lowest BCUT2D eigenvalue weighted by molar-refractivity contribution is -0.142. The Kier molecular flexibility index (Phi) is 4.78. The van der Waals surface area contributed by atoms with E-state index in [-0.39, 0.29) is 11.6 Å². The highest BCUT2D eigenvalue weighted by molar-refractivity contribution is 7.14. The molecule has 1 atom stereocenters. The number of aromatic nitrogens is 1. The first kappa shape index (κ1) is 14.1. The van der Waals surface area contributed by atoms with Gasteiger partial charge in [-0.1, -0.05) is 0 Å². The molecule has 1 heterocycles. The lowest BCUT2D eigenvalue weighted by atomic mass is 10.3. The molecule has 0 spiro atoms. The number of hydrogen-bond donors (Lipinski definition) is 2.